The monoisotopic (exact) mass is 262 g/mol. The van der Waals surface area contributed by atoms with Crippen molar-refractivity contribution in [2.45, 2.75) is 25.7 Å². The zero-order valence-electron chi connectivity index (χ0n) is 10.9. The minimum atomic E-state index is -0.492. The fourth-order valence-electron chi connectivity index (χ4n) is 2.45. The molecule has 0 bridgehead atoms. The van der Waals surface area contributed by atoms with E-state index >= 15 is 0 Å². The summed E-state index contributed by atoms with van der Waals surface area (Å²) < 4.78 is 0. The molecule has 0 aliphatic carbocycles. The molecule has 0 unspecified atom stereocenters. The van der Waals surface area contributed by atoms with Crippen LogP contribution in [0.2, 0.25) is 0 Å². The topological polar surface area (TPSA) is 63.5 Å². The van der Waals surface area contributed by atoms with Crippen molar-refractivity contribution >= 4 is 11.5 Å². The second-order valence-corrected chi connectivity index (χ2v) is 4.85. The standard InChI is InChI=1S/C14H18N2O3/c17-14(8-11-15-9-4-1-5-10-15)12-6-2-3-7-13(12)16(18)19/h2-3,6-7H,1,4-5,8-11H2. The van der Waals surface area contributed by atoms with Crippen LogP contribution in [0.5, 0.6) is 0 Å². The summed E-state index contributed by atoms with van der Waals surface area (Å²) in [7, 11) is 0. The van der Waals surface area contributed by atoms with Crippen LogP contribution in [0.4, 0.5) is 5.69 Å². The Hall–Kier alpha value is -1.75. The molecule has 1 aliphatic heterocycles. The third-order valence-electron chi connectivity index (χ3n) is 3.50. The quantitative estimate of drug-likeness (QED) is 0.465. The first-order chi connectivity index (χ1) is 9.18. The van der Waals surface area contributed by atoms with Crippen molar-refractivity contribution in [2.24, 2.45) is 0 Å². The normalized spacial score (nSPS) is 16.2. The van der Waals surface area contributed by atoms with Crippen LogP contribution in [0.15, 0.2) is 24.3 Å². The van der Waals surface area contributed by atoms with Crippen molar-refractivity contribution in [3.05, 3.63) is 39.9 Å². The van der Waals surface area contributed by atoms with Gasteiger partial charge in [-0.3, -0.25) is 14.9 Å². The van der Waals surface area contributed by atoms with Crippen molar-refractivity contribution in [1.82, 2.24) is 4.90 Å². The van der Waals surface area contributed by atoms with Crippen LogP contribution in [0.1, 0.15) is 36.0 Å². The summed E-state index contributed by atoms with van der Waals surface area (Å²) in [5.74, 6) is -0.141. The van der Waals surface area contributed by atoms with Gasteiger partial charge in [0.15, 0.2) is 5.78 Å². The predicted octanol–water partition coefficient (Wildman–Crippen LogP) is 2.65. The lowest BCUT2D eigenvalue weighted by Crippen LogP contribution is -2.31. The van der Waals surface area contributed by atoms with E-state index < -0.39 is 4.92 Å². The number of hydrogen-bond acceptors (Lipinski definition) is 4. The SMILES string of the molecule is O=C(CCN1CCCCC1)c1ccccc1[N+](=O)[O-]. The van der Waals surface area contributed by atoms with Gasteiger partial charge in [-0.2, -0.15) is 0 Å². The number of hydrogen-bond donors (Lipinski definition) is 0. The van der Waals surface area contributed by atoms with Crippen molar-refractivity contribution in [2.75, 3.05) is 19.6 Å². The molecular formula is C14H18N2O3. The number of para-hydroxylation sites is 1. The number of Topliss-reactive ketones (excluding diaryl/α,β-unsaturated/α-hetero) is 1. The minimum absolute atomic E-state index is 0.0915. The van der Waals surface area contributed by atoms with Crippen molar-refractivity contribution in [3.8, 4) is 0 Å². The van der Waals surface area contributed by atoms with E-state index in [0.717, 1.165) is 13.1 Å². The van der Waals surface area contributed by atoms with Crippen molar-refractivity contribution < 1.29 is 9.72 Å². The number of nitro groups is 1. The lowest BCUT2D eigenvalue weighted by Gasteiger charge is -2.25. The largest absolute Gasteiger partial charge is 0.303 e. The van der Waals surface area contributed by atoms with Gasteiger partial charge < -0.3 is 4.90 Å². The van der Waals surface area contributed by atoms with Crippen molar-refractivity contribution in [1.29, 1.82) is 0 Å². The Balaban J connectivity index is 1.97. The Morgan fingerprint density at radius 2 is 1.89 bits per heavy atom. The number of carbonyl (C=O) groups is 1. The molecule has 1 aliphatic rings. The molecule has 19 heavy (non-hydrogen) atoms. The molecule has 1 aromatic carbocycles. The lowest BCUT2D eigenvalue weighted by atomic mass is 10.1. The number of likely N-dealkylation sites (tertiary alicyclic amines) is 1. The number of benzene rings is 1. The first-order valence-corrected chi connectivity index (χ1v) is 6.67. The Labute approximate surface area is 112 Å². The minimum Gasteiger partial charge on any atom is -0.303 e. The van der Waals surface area contributed by atoms with Gasteiger partial charge in [0.25, 0.3) is 5.69 Å². The van der Waals surface area contributed by atoms with Gasteiger partial charge in [0.05, 0.1) is 10.5 Å². The molecule has 0 N–H and O–H groups in total. The fourth-order valence-corrected chi connectivity index (χ4v) is 2.45. The van der Waals surface area contributed by atoms with Gasteiger partial charge in [-0.05, 0) is 32.0 Å². The van der Waals surface area contributed by atoms with Crippen molar-refractivity contribution in [3.63, 3.8) is 0 Å². The van der Waals surface area contributed by atoms with E-state index in [0.29, 0.717) is 13.0 Å². The first-order valence-electron chi connectivity index (χ1n) is 6.67. The number of rotatable bonds is 5. The molecule has 5 nitrogen and oxygen atoms in total. The Morgan fingerprint density at radius 1 is 1.21 bits per heavy atom. The Morgan fingerprint density at radius 3 is 2.58 bits per heavy atom. The molecule has 1 aromatic rings. The van der Waals surface area contributed by atoms with E-state index in [1.807, 2.05) is 0 Å². The maximum atomic E-state index is 12.1. The summed E-state index contributed by atoms with van der Waals surface area (Å²) >= 11 is 0. The molecule has 0 saturated carbocycles. The molecule has 0 spiro atoms. The molecule has 1 heterocycles. The summed E-state index contributed by atoms with van der Waals surface area (Å²) in [5, 5.41) is 10.9. The summed E-state index contributed by atoms with van der Waals surface area (Å²) in [6.45, 7) is 2.76. The smallest absolute Gasteiger partial charge is 0.280 e. The molecule has 1 fully saturated rings. The van der Waals surface area contributed by atoms with Gasteiger partial charge >= 0.3 is 0 Å². The van der Waals surface area contributed by atoms with E-state index in [1.165, 1.54) is 31.4 Å². The van der Waals surface area contributed by atoms with Crippen LogP contribution < -0.4 is 0 Å². The van der Waals surface area contributed by atoms with Gasteiger partial charge in [0.2, 0.25) is 0 Å². The molecule has 1 saturated heterocycles. The van der Waals surface area contributed by atoms with E-state index in [9.17, 15) is 14.9 Å². The van der Waals surface area contributed by atoms with Gasteiger partial charge in [-0.15, -0.1) is 0 Å². The van der Waals surface area contributed by atoms with E-state index in [4.69, 9.17) is 0 Å². The molecule has 2 rings (SSSR count). The number of carbonyl (C=O) groups excluding carboxylic acids is 1. The zero-order chi connectivity index (χ0) is 13.7. The molecule has 102 valence electrons. The molecule has 0 atom stereocenters. The zero-order valence-corrected chi connectivity index (χ0v) is 10.9. The lowest BCUT2D eigenvalue weighted by molar-refractivity contribution is -0.385. The van der Waals surface area contributed by atoms with Crippen LogP contribution in [0, 0.1) is 10.1 Å². The third-order valence-corrected chi connectivity index (χ3v) is 3.50. The molecule has 0 amide bonds. The van der Waals surface area contributed by atoms with Crippen LogP contribution in [0.3, 0.4) is 0 Å². The highest BCUT2D eigenvalue weighted by molar-refractivity contribution is 5.99. The number of nitro benzene ring substituents is 1. The van der Waals surface area contributed by atoms with Gasteiger partial charge in [-0.1, -0.05) is 18.6 Å². The molecule has 0 radical (unpaired) electrons. The predicted molar refractivity (Wildman–Crippen MR) is 72.3 cm³/mol. The van der Waals surface area contributed by atoms with E-state index in [1.54, 1.807) is 12.1 Å². The highest BCUT2D eigenvalue weighted by atomic mass is 16.6. The van der Waals surface area contributed by atoms with Crippen LogP contribution in [0.25, 0.3) is 0 Å². The Bertz CT molecular complexity index is 468. The van der Waals surface area contributed by atoms with Crippen LogP contribution in [-0.2, 0) is 0 Å². The van der Waals surface area contributed by atoms with E-state index in [-0.39, 0.29) is 17.0 Å². The number of ketones is 1. The number of nitrogens with zero attached hydrogens (tertiary/aromatic N) is 2. The molecule has 5 heteroatoms. The Kier molecular flexibility index (Phi) is 4.63. The summed E-state index contributed by atoms with van der Waals surface area (Å²) in [6, 6.07) is 6.17. The maximum absolute atomic E-state index is 12.1. The third kappa shape index (κ3) is 3.61. The maximum Gasteiger partial charge on any atom is 0.280 e. The molecular weight excluding hydrogens is 244 g/mol. The average molecular weight is 262 g/mol. The fraction of sp³-hybridized carbons (Fsp3) is 0.500. The highest BCUT2D eigenvalue weighted by Crippen LogP contribution is 2.19. The first kappa shape index (κ1) is 13.7. The average Bonchev–Trinajstić information content (AvgIpc) is 2.46. The summed E-state index contributed by atoms with van der Waals surface area (Å²) in [6.07, 6.45) is 3.97. The number of piperidine rings is 1. The van der Waals surface area contributed by atoms with Crippen LogP contribution in [-0.4, -0.2) is 35.2 Å². The van der Waals surface area contributed by atoms with E-state index in [2.05, 4.69) is 4.90 Å². The van der Waals surface area contributed by atoms with Gasteiger partial charge in [-0.25, -0.2) is 0 Å². The molecule has 0 aromatic heterocycles. The van der Waals surface area contributed by atoms with Gasteiger partial charge in [0.1, 0.15) is 0 Å². The summed E-state index contributed by atoms with van der Waals surface area (Å²) in [5.41, 5.74) is 0.135. The highest BCUT2D eigenvalue weighted by Gasteiger charge is 2.20. The van der Waals surface area contributed by atoms with Gasteiger partial charge in [0, 0.05) is 19.0 Å². The second kappa shape index (κ2) is 6.43. The summed E-state index contributed by atoms with van der Waals surface area (Å²) in [4.78, 5) is 24.7. The second-order valence-electron chi connectivity index (χ2n) is 4.85. The van der Waals surface area contributed by atoms with Crippen LogP contribution >= 0.6 is 0 Å².